The van der Waals surface area contributed by atoms with Gasteiger partial charge in [-0.05, 0) is 66.8 Å². The highest BCUT2D eigenvalue weighted by Crippen LogP contribution is 2.16. The number of methoxy groups -OCH3 is 1. The molecule has 0 saturated carbocycles. The number of nitrogens with zero attached hydrogens (tertiary/aromatic N) is 2. The molecule has 11 heteroatoms. The molecule has 0 aliphatic carbocycles. The first kappa shape index (κ1) is 21.1. The monoisotopic (exact) mass is 443 g/mol. The summed E-state index contributed by atoms with van der Waals surface area (Å²) in [6, 6.07) is 14.0. The molecule has 9 nitrogen and oxygen atoms in total. The fraction of sp³-hybridized carbons (Fsp3) is 0.0526. The van der Waals surface area contributed by atoms with E-state index in [1.807, 2.05) is 0 Å². The summed E-state index contributed by atoms with van der Waals surface area (Å²) in [5, 5.41) is 5.45. The predicted molar refractivity (Wildman–Crippen MR) is 116 cm³/mol. The largest absolute Gasteiger partial charge is 0.497 e. The summed E-state index contributed by atoms with van der Waals surface area (Å²) in [6.45, 7) is 0. The normalized spacial score (nSPS) is 10.7. The van der Waals surface area contributed by atoms with Crippen molar-refractivity contribution in [2.75, 3.05) is 17.1 Å². The molecule has 1 amide bonds. The lowest BCUT2D eigenvalue weighted by Gasteiger charge is -2.11. The Balaban J connectivity index is 1.60. The van der Waals surface area contributed by atoms with Gasteiger partial charge in [0.2, 0.25) is 5.95 Å². The minimum absolute atomic E-state index is 0.0219. The number of nitrogens with one attached hydrogen (secondary N) is 3. The van der Waals surface area contributed by atoms with Crippen LogP contribution >= 0.6 is 12.2 Å². The Labute approximate surface area is 178 Å². The molecule has 0 fully saturated rings. The Kier molecular flexibility index (Phi) is 6.54. The van der Waals surface area contributed by atoms with Crippen LogP contribution in [0.2, 0.25) is 0 Å². The highest BCUT2D eigenvalue weighted by Gasteiger charge is 2.15. The van der Waals surface area contributed by atoms with Crippen molar-refractivity contribution in [1.29, 1.82) is 0 Å². The number of ether oxygens (including phenoxy) is 1. The zero-order valence-corrected chi connectivity index (χ0v) is 17.3. The second-order valence-electron chi connectivity index (χ2n) is 5.84. The first-order chi connectivity index (χ1) is 14.4. The molecule has 0 aliphatic rings. The molecule has 3 aromatic rings. The van der Waals surface area contributed by atoms with Gasteiger partial charge >= 0.3 is 0 Å². The van der Waals surface area contributed by atoms with Crippen LogP contribution in [0, 0.1) is 0 Å². The SMILES string of the molecule is COc1ccc(C(=O)NC(=S)Nc2ccc(S(=O)(=O)Nc3ncccn3)cc2)cc1. The minimum Gasteiger partial charge on any atom is -0.497 e. The molecule has 0 spiro atoms. The van der Waals surface area contributed by atoms with Gasteiger partial charge in [-0.3, -0.25) is 10.1 Å². The van der Waals surface area contributed by atoms with Gasteiger partial charge in [-0.1, -0.05) is 0 Å². The van der Waals surface area contributed by atoms with Gasteiger partial charge in [0, 0.05) is 23.6 Å². The molecule has 154 valence electrons. The van der Waals surface area contributed by atoms with Gasteiger partial charge in [0.15, 0.2) is 5.11 Å². The Morgan fingerprint density at radius 1 is 1.00 bits per heavy atom. The van der Waals surface area contributed by atoms with Crippen molar-refractivity contribution < 1.29 is 17.9 Å². The number of anilines is 2. The molecule has 1 aromatic heterocycles. The van der Waals surface area contributed by atoms with Crippen molar-refractivity contribution in [3.63, 3.8) is 0 Å². The average Bonchev–Trinajstić information content (AvgIpc) is 2.74. The first-order valence-electron chi connectivity index (χ1n) is 8.54. The molecule has 0 atom stereocenters. The van der Waals surface area contributed by atoms with Gasteiger partial charge in [0.05, 0.1) is 12.0 Å². The average molecular weight is 444 g/mol. The van der Waals surface area contributed by atoms with E-state index in [1.54, 1.807) is 30.3 Å². The Morgan fingerprint density at radius 3 is 2.23 bits per heavy atom. The maximum absolute atomic E-state index is 12.4. The van der Waals surface area contributed by atoms with E-state index in [4.69, 9.17) is 17.0 Å². The lowest BCUT2D eigenvalue weighted by atomic mass is 10.2. The second kappa shape index (κ2) is 9.29. The van der Waals surface area contributed by atoms with E-state index in [1.165, 1.54) is 43.8 Å². The van der Waals surface area contributed by atoms with Crippen LogP contribution < -0.4 is 20.1 Å². The number of rotatable bonds is 6. The van der Waals surface area contributed by atoms with Crippen LogP contribution in [0.4, 0.5) is 11.6 Å². The van der Waals surface area contributed by atoms with E-state index >= 15 is 0 Å². The van der Waals surface area contributed by atoms with Crippen LogP contribution in [-0.2, 0) is 10.0 Å². The van der Waals surface area contributed by atoms with E-state index in [-0.39, 0.29) is 21.9 Å². The quantitative estimate of drug-likeness (QED) is 0.497. The van der Waals surface area contributed by atoms with Crippen molar-refractivity contribution >= 4 is 44.9 Å². The van der Waals surface area contributed by atoms with Crippen LogP contribution in [0.1, 0.15) is 10.4 Å². The molecule has 1 heterocycles. The highest BCUT2D eigenvalue weighted by atomic mass is 32.2. The van der Waals surface area contributed by atoms with E-state index in [0.717, 1.165) is 0 Å². The molecular weight excluding hydrogens is 426 g/mol. The third-order valence-electron chi connectivity index (χ3n) is 3.79. The number of aromatic nitrogens is 2. The summed E-state index contributed by atoms with van der Waals surface area (Å²) in [6.07, 6.45) is 2.86. The molecule has 0 radical (unpaired) electrons. The third kappa shape index (κ3) is 5.49. The van der Waals surface area contributed by atoms with Gasteiger partial charge in [0.1, 0.15) is 5.75 Å². The highest BCUT2D eigenvalue weighted by molar-refractivity contribution is 7.92. The lowest BCUT2D eigenvalue weighted by molar-refractivity contribution is 0.0977. The molecule has 2 aromatic carbocycles. The van der Waals surface area contributed by atoms with Gasteiger partial charge in [-0.25, -0.2) is 23.1 Å². The molecule has 0 unspecified atom stereocenters. The van der Waals surface area contributed by atoms with Gasteiger partial charge < -0.3 is 10.1 Å². The standard InChI is InChI=1S/C19H17N5O4S2/c1-28-15-7-3-13(4-8-15)17(25)23-19(29)22-14-5-9-16(10-6-14)30(26,27)24-18-20-11-2-12-21-18/h2-12H,1H3,(H,20,21,24)(H2,22,23,25,29). The molecule has 3 N–H and O–H groups in total. The van der Waals surface area contributed by atoms with Crippen molar-refractivity contribution in [3.05, 3.63) is 72.6 Å². The van der Waals surface area contributed by atoms with E-state index in [9.17, 15) is 13.2 Å². The molecule has 30 heavy (non-hydrogen) atoms. The topological polar surface area (TPSA) is 122 Å². The number of benzene rings is 2. The molecule has 0 aliphatic heterocycles. The summed E-state index contributed by atoms with van der Waals surface area (Å²) >= 11 is 5.14. The van der Waals surface area contributed by atoms with E-state index in [0.29, 0.717) is 17.0 Å². The lowest BCUT2D eigenvalue weighted by Crippen LogP contribution is -2.34. The first-order valence-corrected chi connectivity index (χ1v) is 10.4. The molecule has 0 bridgehead atoms. The molecule has 0 saturated heterocycles. The summed E-state index contributed by atoms with van der Waals surface area (Å²) in [4.78, 5) is 19.9. The van der Waals surface area contributed by atoms with Gasteiger partial charge in [-0.15, -0.1) is 0 Å². The molecule has 3 rings (SSSR count). The zero-order chi connectivity index (χ0) is 21.6. The van der Waals surface area contributed by atoms with E-state index in [2.05, 4.69) is 25.3 Å². The number of carbonyl (C=O) groups excluding carboxylic acids is 1. The number of hydrogen-bond donors (Lipinski definition) is 3. The predicted octanol–water partition coefficient (Wildman–Crippen LogP) is 2.41. The number of amides is 1. The van der Waals surface area contributed by atoms with E-state index < -0.39 is 10.0 Å². The van der Waals surface area contributed by atoms with Crippen molar-refractivity contribution in [3.8, 4) is 5.75 Å². The van der Waals surface area contributed by atoms with Crippen LogP contribution in [-0.4, -0.2) is 36.5 Å². The second-order valence-corrected chi connectivity index (χ2v) is 7.93. The third-order valence-corrected chi connectivity index (χ3v) is 5.34. The number of thiocarbonyl (C=S) groups is 1. The smallest absolute Gasteiger partial charge is 0.264 e. The summed E-state index contributed by atoms with van der Waals surface area (Å²) in [7, 11) is -2.30. The fourth-order valence-electron chi connectivity index (χ4n) is 2.33. The van der Waals surface area contributed by atoms with Crippen LogP contribution in [0.3, 0.4) is 0 Å². The van der Waals surface area contributed by atoms with Crippen LogP contribution in [0.25, 0.3) is 0 Å². The van der Waals surface area contributed by atoms with Gasteiger partial charge in [-0.2, -0.15) is 0 Å². The summed E-state index contributed by atoms with van der Waals surface area (Å²) in [5.41, 5.74) is 0.917. The Morgan fingerprint density at radius 2 is 1.63 bits per heavy atom. The van der Waals surface area contributed by atoms with Crippen molar-refractivity contribution in [2.24, 2.45) is 0 Å². The zero-order valence-electron chi connectivity index (χ0n) is 15.7. The minimum atomic E-state index is -3.83. The van der Waals surface area contributed by atoms with Gasteiger partial charge in [0.25, 0.3) is 15.9 Å². The fourth-order valence-corrected chi connectivity index (χ4v) is 3.50. The Bertz CT molecular complexity index is 1140. The van der Waals surface area contributed by atoms with Crippen molar-refractivity contribution in [1.82, 2.24) is 15.3 Å². The van der Waals surface area contributed by atoms with Crippen LogP contribution in [0.5, 0.6) is 5.75 Å². The maximum atomic E-state index is 12.4. The molecular formula is C19H17N5O4S2. The maximum Gasteiger partial charge on any atom is 0.264 e. The number of sulfonamides is 1. The van der Waals surface area contributed by atoms with Crippen molar-refractivity contribution in [2.45, 2.75) is 4.90 Å². The summed E-state index contributed by atoms with van der Waals surface area (Å²) < 4.78 is 32.1. The summed E-state index contributed by atoms with van der Waals surface area (Å²) in [5.74, 6) is 0.221. The number of carbonyl (C=O) groups is 1. The number of hydrogen-bond acceptors (Lipinski definition) is 7. The van der Waals surface area contributed by atoms with Crippen LogP contribution in [0.15, 0.2) is 71.9 Å². The Hall–Kier alpha value is -3.57.